The highest BCUT2D eigenvalue weighted by atomic mass is 32.1. The minimum absolute atomic E-state index is 0.238. The van der Waals surface area contributed by atoms with Crippen molar-refractivity contribution >= 4 is 17.3 Å². The summed E-state index contributed by atoms with van der Waals surface area (Å²) in [5.41, 5.74) is 0.800. The summed E-state index contributed by atoms with van der Waals surface area (Å²) in [5, 5.41) is 4.43. The highest BCUT2D eigenvalue weighted by Crippen LogP contribution is 2.29. The molecule has 1 N–H and O–H groups in total. The second kappa shape index (κ2) is 5.60. The lowest BCUT2D eigenvalue weighted by molar-refractivity contribution is 0.0531. The van der Waals surface area contributed by atoms with Crippen molar-refractivity contribution < 1.29 is 9.53 Å². The van der Waals surface area contributed by atoms with Crippen molar-refractivity contribution in [2.75, 3.05) is 19.7 Å². The number of nitrogens with zero attached hydrogens (tertiary/aromatic N) is 1. The fraction of sp³-hybridized carbons (Fsp3) is 0.667. The Balaban J connectivity index is 2.14. The fourth-order valence-electron chi connectivity index (χ4n) is 2.04. The molecule has 5 heteroatoms. The van der Waals surface area contributed by atoms with E-state index in [2.05, 4.69) is 10.3 Å². The van der Waals surface area contributed by atoms with Crippen molar-refractivity contribution in [3.8, 4) is 0 Å². The molecular weight excluding hydrogens is 236 g/mol. The number of aromatic nitrogens is 1. The molecule has 1 atom stereocenters. The van der Waals surface area contributed by atoms with E-state index in [1.54, 1.807) is 0 Å². The molecule has 0 amide bonds. The molecule has 0 aliphatic carbocycles. The molecule has 1 aliphatic heterocycles. The molecule has 0 saturated carbocycles. The van der Waals surface area contributed by atoms with Crippen molar-refractivity contribution in [2.45, 2.75) is 32.6 Å². The SMILES string of the molecule is CCOC(=O)c1sc([C@@H]2CCCNC2)nc1C. The number of thiazole rings is 1. The van der Waals surface area contributed by atoms with Gasteiger partial charge in [-0.1, -0.05) is 0 Å². The number of rotatable bonds is 3. The minimum Gasteiger partial charge on any atom is -0.462 e. The van der Waals surface area contributed by atoms with Gasteiger partial charge in [-0.15, -0.1) is 11.3 Å². The molecule has 1 aliphatic rings. The Morgan fingerprint density at radius 1 is 1.65 bits per heavy atom. The maximum Gasteiger partial charge on any atom is 0.350 e. The van der Waals surface area contributed by atoms with Crippen molar-refractivity contribution in [2.24, 2.45) is 0 Å². The lowest BCUT2D eigenvalue weighted by Gasteiger charge is -2.20. The Hall–Kier alpha value is -0.940. The first-order valence-corrected chi connectivity index (χ1v) is 6.89. The number of esters is 1. The van der Waals surface area contributed by atoms with E-state index in [9.17, 15) is 4.79 Å². The molecule has 1 aromatic heterocycles. The number of ether oxygens (including phenoxy) is 1. The van der Waals surface area contributed by atoms with Crippen LogP contribution in [0.1, 0.15) is 46.1 Å². The third-order valence-electron chi connectivity index (χ3n) is 2.92. The predicted octanol–water partition coefficient (Wildman–Crippen LogP) is 2.10. The highest BCUT2D eigenvalue weighted by Gasteiger charge is 2.22. The smallest absolute Gasteiger partial charge is 0.350 e. The average Bonchev–Trinajstić information content (AvgIpc) is 2.73. The van der Waals surface area contributed by atoms with E-state index in [1.807, 2.05) is 13.8 Å². The van der Waals surface area contributed by atoms with E-state index >= 15 is 0 Å². The molecule has 94 valence electrons. The van der Waals surface area contributed by atoms with E-state index in [0.717, 1.165) is 30.2 Å². The van der Waals surface area contributed by atoms with Gasteiger partial charge >= 0.3 is 5.97 Å². The number of hydrogen-bond donors (Lipinski definition) is 1. The summed E-state index contributed by atoms with van der Waals surface area (Å²) >= 11 is 1.49. The lowest BCUT2D eigenvalue weighted by atomic mass is 10.0. The van der Waals surface area contributed by atoms with Crippen LogP contribution in [0.5, 0.6) is 0 Å². The quantitative estimate of drug-likeness (QED) is 0.839. The Bertz CT molecular complexity index is 397. The first-order chi connectivity index (χ1) is 8.22. The molecule has 1 fully saturated rings. The molecule has 4 nitrogen and oxygen atoms in total. The third kappa shape index (κ3) is 2.84. The van der Waals surface area contributed by atoms with Gasteiger partial charge in [0, 0.05) is 12.5 Å². The van der Waals surface area contributed by atoms with E-state index in [1.165, 1.54) is 17.8 Å². The van der Waals surface area contributed by atoms with Crippen LogP contribution in [0, 0.1) is 6.92 Å². The summed E-state index contributed by atoms with van der Waals surface area (Å²) < 4.78 is 5.03. The Morgan fingerprint density at radius 3 is 3.12 bits per heavy atom. The number of aryl methyl sites for hydroxylation is 1. The van der Waals surface area contributed by atoms with Crippen LogP contribution in [0.2, 0.25) is 0 Å². The van der Waals surface area contributed by atoms with Gasteiger partial charge in [-0.05, 0) is 33.2 Å². The zero-order valence-corrected chi connectivity index (χ0v) is 11.1. The molecule has 1 saturated heterocycles. The Labute approximate surface area is 105 Å². The van der Waals surface area contributed by atoms with E-state index in [0.29, 0.717) is 17.4 Å². The third-order valence-corrected chi connectivity index (χ3v) is 4.22. The molecule has 2 heterocycles. The molecule has 17 heavy (non-hydrogen) atoms. The summed E-state index contributed by atoms with van der Waals surface area (Å²) in [6.45, 7) is 6.17. The minimum atomic E-state index is -0.238. The Kier molecular flexibility index (Phi) is 4.12. The van der Waals surface area contributed by atoms with Gasteiger partial charge in [0.05, 0.1) is 17.3 Å². The maximum atomic E-state index is 11.7. The van der Waals surface area contributed by atoms with Gasteiger partial charge in [0.15, 0.2) is 0 Å². The van der Waals surface area contributed by atoms with Crippen molar-refractivity contribution in [1.82, 2.24) is 10.3 Å². The predicted molar refractivity (Wildman–Crippen MR) is 67.7 cm³/mol. The summed E-state index contributed by atoms with van der Waals surface area (Å²) in [4.78, 5) is 16.9. The number of carbonyl (C=O) groups is 1. The fourth-order valence-corrected chi connectivity index (χ4v) is 3.14. The van der Waals surface area contributed by atoms with Crippen LogP contribution in [-0.2, 0) is 4.74 Å². The van der Waals surface area contributed by atoms with Crippen LogP contribution in [0.15, 0.2) is 0 Å². The molecular formula is C12H18N2O2S. The van der Waals surface area contributed by atoms with Crippen LogP contribution in [0.25, 0.3) is 0 Å². The highest BCUT2D eigenvalue weighted by molar-refractivity contribution is 7.13. The van der Waals surface area contributed by atoms with E-state index in [4.69, 9.17) is 4.74 Å². The van der Waals surface area contributed by atoms with Crippen LogP contribution < -0.4 is 5.32 Å². The van der Waals surface area contributed by atoms with Crippen molar-refractivity contribution in [3.63, 3.8) is 0 Å². The van der Waals surface area contributed by atoms with Crippen LogP contribution >= 0.6 is 11.3 Å². The molecule has 0 spiro atoms. The normalized spacial score (nSPS) is 20.2. The molecule has 2 rings (SSSR count). The zero-order valence-electron chi connectivity index (χ0n) is 10.3. The standard InChI is InChI=1S/C12H18N2O2S/c1-3-16-12(15)10-8(2)14-11(17-10)9-5-4-6-13-7-9/h9,13H,3-7H2,1-2H3/t9-/m1/s1. The van der Waals surface area contributed by atoms with E-state index in [-0.39, 0.29) is 5.97 Å². The van der Waals surface area contributed by atoms with Crippen LogP contribution in [0.3, 0.4) is 0 Å². The Morgan fingerprint density at radius 2 is 2.47 bits per heavy atom. The van der Waals surface area contributed by atoms with Crippen molar-refractivity contribution in [3.05, 3.63) is 15.6 Å². The van der Waals surface area contributed by atoms with Gasteiger partial charge < -0.3 is 10.1 Å². The number of nitrogens with one attached hydrogen (secondary N) is 1. The molecule has 0 bridgehead atoms. The van der Waals surface area contributed by atoms with Gasteiger partial charge in [0.25, 0.3) is 0 Å². The van der Waals surface area contributed by atoms with Gasteiger partial charge in [-0.2, -0.15) is 0 Å². The largest absolute Gasteiger partial charge is 0.462 e. The van der Waals surface area contributed by atoms with Crippen LogP contribution in [0.4, 0.5) is 0 Å². The molecule has 0 aromatic carbocycles. The van der Waals surface area contributed by atoms with Gasteiger partial charge in [-0.25, -0.2) is 9.78 Å². The second-order valence-electron chi connectivity index (χ2n) is 4.23. The zero-order chi connectivity index (χ0) is 12.3. The summed E-state index contributed by atoms with van der Waals surface area (Å²) in [5.74, 6) is 0.216. The van der Waals surface area contributed by atoms with Crippen LogP contribution in [-0.4, -0.2) is 30.6 Å². The first-order valence-electron chi connectivity index (χ1n) is 6.07. The summed E-state index contributed by atoms with van der Waals surface area (Å²) in [6.07, 6.45) is 2.33. The first kappa shape index (κ1) is 12.5. The summed E-state index contributed by atoms with van der Waals surface area (Å²) in [6, 6.07) is 0. The second-order valence-corrected chi connectivity index (χ2v) is 5.26. The average molecular weight is 254 g/mol. The van der Waals surface area contributed by atoms with Gasteiger partial charge in [0.2, 0.25) is 0 Å². The van der Waals surface area contributed by atoms with Gasteiger partial charge in [0.1, 0.15) is 4.88 Å². The number of piperidine rings is 1. The topological polar surface area (TPSA) is 51.2 Å². The van der Waals surface area contributed by atoms with E-state index < -0.39 is 0 Å². The number of carbonyl (C=O) groups excluding carboxylic acids is 1. The lowest BCUT2D eigenvalue weighted by Crippen LogP contribution is -2.28. The summed E-state index contributed by atoms with van der Waals surface area (Å²) in [7, 11) is 0. The molecule has 0 unspecified atom stereocenters. The van der Waals surface area contributed by atoms with Crippen molar-refractivity contribution in [1.29, 1.82) is 0 Å². The molecule has 0 radical (unpaired) electrons. The molecule has 1 aromatic rings. The number of hydrogen-bond acceptors (Lipinski definition) is 5. The van der Waals surface area contributed by atoms with Gasteiger partial charge in [-0.3, -0.25) is 0 Å². The monoisotopic (exact) mass is 254 g/mol. The maximum absolute atomic E-state index is 11.7.